The predicted octanol–water partition coefficient (Wildman–Crippen LogP) is 5.74. The first-order valence-electron chi connectivity index (χ1n) is 11.9. The SMILES string of the molecule is Cc1ccc(-c2noc(CCC(=O)Nc3ccc4sc(NC(=O)C5CCCCC5)nc4c3)n2)cc1. The molecule has 0 saturated heterocycles. The first-order valence-corrected chi connectivity index (χ1v) is 12.8. The summed E-state index contributed by atoms with van der Waals surface area (Å²) in [4.78, 5) is 33.9. The average molecular weight is 490 g/mol. The van der Waals surface area contributed by atoms with Crippen molar-refractivity contribution in [2.45, 2.75) is 51.9 Å². The monoisotopic (exact) mass is 489 g/mol. The van der Waals surface area contributed by atoms with E-state index < -0.39 is 0 Å². The van der Waals surface area contributed by atoms with Gasteiger partial charge in [0.05, 0.1) is 10.2 Å². The van der Waals surface area contributed by atoms with Crippen molar-refractivity contribution < 1.29 is 14.1 Å². The van der Waals surface area contributed by atoms with Gasteiger partial charge in [0.2, 0.25) is 23.5 Å². The number of aromatic nitrogens is 3. The summed E-state index contributed by atoms with van der Waals surface area (Å²) in [7, 11) is 0. The molecule has 35 heavy (non-hydrogen) atoms. The number of hydrogen-bond acceptors (Lipinski definition) is 7. The van der Waals surface area contributed by atoms with Gasteiger partial charge < -0.3 is 15.2 Å². The lowest BCUT2D eigenvalue weighted by Gasteiger charge is -2.19. The summed E-state index contributed by atoms with van der Waals surface area (Å²) in [6.45, 7) is 2.02. The van der Waals surface area contributed by atoms with Gasteiger partial charge in [-0.1, -0.05) is 65.6 Å². The number of carbonyl (C=O) groups excluding carboxylic acids is 2. The largest absolute Gasteiger partial charge is 0.339 e. The molecule has 5 rings (SSSR count). The van der Waals surface area contributed by atoms with Crippen molar-refractivity contribution in [3.63, 3.8) is 0 Å². The van der Waals surface area contributed by atoms with Crippen LogP contribution in [0.2, 0.25) is 0 Å². The molecule has 0 spiro atoms. The highest BCUT2D eigenvalue weighted by Gasteiger charge is 2.22. The Morgan fingerprint density at radius 1 is 1.03 bits per heavy atom. The Labute approximate surface area is 207 Å². The van der Waals surface area contributed by atoms with Gasteiger partial charge in [-0.15, -0.1) is 0 Å². The van der Waals surface area contributed by atoms with E-state index in [1.165, 1.54) is 17.8 Å². The van der Waals surface area contributed by atoms with Gasteiger partial charge in [-0.2, -0.15) is 4.98 Å². The second-order valence-corrected chi connectivity index (χ2v) is 9.98. The Morgan fingerprint density at radius 3 is 2.63 bits per heavy atom. The van der Waals surface area contributed by atoms with Crippen LogP contribution in [0.1, 0.15) is 50.0 Å². The number of amides is 2. The molecule has 0 unspecified atom stereocenters. The van der Waals surface area contributed by atoms with E-state index in [0.717, 1.165) is 47.0 Å². The summed E-state index contributed by atoms with van der Waals surface area (Å²) in [6.07, 6.45) is 5.90. The maximum atomic E-state index is 12.5. The summed E-state index contributed by atoms with van der Waals surface area (Å²) in [5.41, 5.74) is 3.43. The standard InChI is InChI=1S/C26H27N5O3S/c1-16-7-9-17(10-8-16)24-29-23(34-31-24)14-13-22(32)27-19-11-12-21-20(15-19)28-26(35-21)30-25(33)18-5-3-2-4-6-18/h7-12,15,18H,2-6,13-14H2,1H3,(H,27,32)(H,28,30,33). The van der Waals surface area contributed by atoms with Crippen LogP contribution in [0.3, 0.4) is 0 Å². The fraction of sp³-hybridized carbons (Fsp3) is 0.346. The van der Waals surface area contributed by atoms with Crippen molar-refractivity contribution in [3.05, 3.63) is 53.9 Å². The van der Waals surface area contributed by atoms with E-state index in [1.807, 2.05) is 49.4 Å². The third-order valence-electron chi connectivity index (χ3n) is 6.22. The van der Waals surface area contributed by atoms with Crippen LogP contribution >= 0.6 is 11.3 Å². The van der Waals surface area contributed by atoms with Crippen LogP contribution in [0.25, 0.3) is 21.6 Å². The third kappa shape index (κ3) is 5.74. The quantitative estimate of drug-likeness (QED) is 0.342. The molecule has 2 amide bonds. The number of aryl methyl sites for hydroxylation is 2. The predicted molar refractivity (Wildman–Crippen MR) is 136 cm³/mol. The van der Waals surface area contributed by atoms with Crippen molar-refractivity contribution in [1.82, 2.24) is 15.1 Å². The van der Waals surface area contributed by atoms with Crippen LogP contribution in [0.5, 0.6) is 0 Å². The topological polar surface area (TPSA) is 110 Å². The summed E-state index contributed by atoms with van der Waals surface area (Å²) < 4.78 is 6.26. The van der Waals surface area contributed by atoms with E-state index in [-0.39, 0.29) is 24.2 Å². The first kappa shape index (κ1) is 23.2. The Hall–Kier alpha value is -3.59. The highest BCUT2D eigenvalue weighted by atomic mass is 32.1. The molecule has 1 saturated carbocycles. The number of carbonyl (C=O) groups is 2. The van der Waals surface area contributed by atoms with E-state index in [9.17, 15) is 9.59 Å². The van der Waals surface area contributed by atoms with Gasteiger partial charge in [-0.05, 0) is 38.0 Å². The summed E-state index contributed by atoms with van der Waals surface area (Å²) >= 11 is 1.44. The molecule has 2 N–H and O–H groups in total. The molecule has 2 aromatic heterocycles. The number of nitrogens with zero attached hydrogens (tertiary/aromatic N) is 3. The van der Waals surface area contributed by atoms with E-state index in [4.69, 9.17) is 4.52 Å². The van der Waals surface area contributed by atoms with Gasteiger partial charge in [-0.25, -0.2) is 4.98 Å². The number of rotatable bonds is 7. The average Bonchev–Trinajstić information content (AvgIpc) is 3.50. The van der Waals surface area contributed by atoms with Gasteiger partial charge in [0.25, 0.3) is 0 Å². The van der Waals surface area contributed by atoms with Crippen molar-refractivity contribution in [1.29, 1.82) is 0 Å². The molecule has 1 aliphatic carbocycles. The third-order valence-corrected chi connectivity index (χ3v) is 7.17. The lowest BCUT2D eigenvalue weighted by atomic mass is 9.89. The summed E-state index contributed by atoms with van der Waals surface area (Å²) in [6, 6.07) is 13.4. The molecule has 2 aromatic carbocycles. The number of benzene rings is 2. The van der Waals surface area contributed by atoms with Crippen LogP contribution < -0.4 is 10.6 Å². The maximum Gasteiger partial charge on any atom is 0.229 e. The zero-order valence-corrected chi connectivity index (χ0v) is 20.4. The molecule has 0 atom stereocenters. The molecule has 0 radical (unpaired) electrons. The molecule has 0 bridgehead atoms. The van der Waals surface area contributed by atoms with Crippen LogP contribution in [0.4, 0.5) is 10.8 Å². The lowest BCUT2D eigenvalue weighted by Crippen LogP contribution is -2.24. The molecule has 4 aromatic rings. The van der Waals surface area contributed by atoms with Gasteiger partial charge in [-0.3, -0.25) is 9.59 Å². The van der Waals surface area contributed by atoms with Crippen LogP contribution in [-0.4, -0.2) is 26.9 Å². The highest BCUT2D eigenvalue weighted by Crippen LogP contribution is 2.30. The minimum Gasteiger partial charge on any atom is -0.339 e. The zero-order chi connectivity index (χ0) is 24.2. The van der Waals surface area contributed by atoms with Gasteiger partial charge >= 0.3 is 0 Å². The van der Waals surface area contributed by atoms with E-state index in [0.29, 0.717) is 29.0 Å². The highest BCUT2D eigenvalue weighted by molar-refractivity contribution is 7.22. The van der Waals surface area contributed by atoms with Crippen LogP contribution in [0.15, 0.2) is 47.0 Å². The van der Waals surface area contributed by atoms with E-state index in [1.54, 1.807) is 0 Å². The van der Waals surface area contributed by atoms with Crippen molar-refractivity contribution >= 4 is 44.2 Å². The van der Waals surface area contributed by atoms with Gasteiger partial charge in [0, 0.05) is 30.0 Å². The molecule has 1 fully saturated rings. The minimum atomic E-state index is -0.152. The smallest absolute Gasteiger partial charge is 0.229 e. The second-order valence-electron chi connectivity index (χ2n) is 8.95. The molecule has 9 heteroatoms. The Balaban J connectivity index is 1.16. The van der Waals surface area contributed by atoms with Crippen LogP contribution in [0, 0.1) is 12.8 Å². The number of nitrogens with one attached hydrogen (secondary N) is 2. The fourth-order valence-corrected chi connectivity index (χ4v) is 5.10. The number of thiazole rings is 1. The number of hydrogen-bond donors (Lipinski definition) is 2. The Kier molecular flexibility index (Phi) is 6.85. The second kappa shape index (κ2) is 10.4. The molecule has 0 aliphatic heterocycles. The van der Waals surface area contributed by atoms with Crippen molar-refractivity contribution in [2.75, 3.05) is 10.6 Å². The molecule has 180 valence electrons. The van der Waals surface area contributed by atoms with E-state index in [2.05, 4.69) is 25.8 Å². The molecular formula is C26H27N5O3S. The first-order chi connectivity index (χ1) is 17.0. The lowest BCUT2D eigenvalue weighted by molar-refractivity contribution is -0.120. The Morgan fingerprint density at radius 2 is 1.83 bits per heavy atom. The maximum absolute atomic E-state index is 12.5. The Bertz CT molecular complexity index is 1340. The van der Waals surface area contributed by atoms with Gasteiger partial charge in [0.1, 0.15) is 0 Å². The minimum absolute atomic E-state index is 0.0591. The number of anilines is 2. The van der Waals surface area contributed by atoms with Crippen LogP contribution in [-0.2, 0) is 16.0 Å². The molecule has 1 aliphatic rings. The summed E-state index contributed by atoms with van der Waals surface area (Å²) in [5.74, 6) is 0.923. The van der Waals surface area contributed by atoms with Gasteiger partial charge in [0.15, 0.2) is 5.13 Å². The fourth-order valence-electron chi connectivity index (χ4n) is 4.25. The van der Waals surface area contributed by atoms with Crippen molar-refractivity contribution in [2.24, 2.45) is 5.92 Å². The van der Waals surface area contributed by atoms with E-state index >= 15 is 0 Å². The molecule has 8 nitrogen and oxygen atoms in total. The van der Waals surface area contributed by atoms with Crippen molar-refractivity contribution in [3.8, 4) is 11.4 Å². The zero-order valence-electron chi connectivity index (χ0n) is 19.5. The normalized spacial score (nSPS) is 14.2. The summed E-state index contributed by atoms with van der Waals surface area (Å²) in [5, 5.41) is 10.5. The molecular weight excluding hydrogens is 462 g/mol. The molecule has 2 heterocycles. The number of fused-ring (bicyclic) bond motifs is 1.